The van der Waals surface area contributed by atoms with Crippen LogP contribution >= 0.6 is 24.8 Å². The summed E-state index contributed by atoms with van der Waals surface area (Å²) in [5.74, 6) is 0.708. The normalized spacial score (nSPS) is 16.4. The van der Waals surface area contributed by atoms with E-state index in [2.05, 4.69) is 18.8 Å². The molecule has 3 nitrogen and oxygen atoms in total. The number of nitrogens with two attached hydrogens (primary N) is 1. The number of ether oxygens (including phenoxy) is 1. The van der Waals surface area contributed by atoms with Crippen LogP contribution in [0, 0.1) is 5.41 Å². The Morgan fingerprint density at radius 3 is 2.41 bits per heavy atom. The first-order valence-corrected chi connectivity index (χ1v) is 6.79. The molecule has 0 aliphatic carbocycles. The molecule has 2 N–H and O–H groups in total. The molecule has 0 radical (unpaired) electrons. The molecule has 0 saturated heterocycles. The van der Waals surface area contributed by atoms with Crippen molar-refractivity contribution in [3.63, 3.8) is 0 Å². The van der Waals surface area contributed by atoms with E-state index in [9.17, 15) is 4.39 Å². The van der Waals surface area contributed by atoms with Gasteiger partial charge in [-0.15, -0.1) is 24.8 Å². The molecule has 0 unspecified atom stereocenters. The maximum absolute atomic E-state index is 12.4. The minimum absolute atomic E-state index is 0. The van der Waals surface area contributed by atoms with Crippen molar-refractivity contribution >= 4 is 30.5 Å². The Morgan fingerprint density at radius 2 is 1.95 bits per heavy atom. The predicted molar refractivity (Wildman–Crippen MR) is 94.5 cm³/mol. The van der Waals surface area contributed by atoms with Gasteiger partial charge in [0.1, 0.15) is 12.4 Å². The Bertz CT molecular complexity index is 527. The van der Waals surface area contributed by atoms with Crippen LogP contribution in [0.3, 0.4) is 0 Å². The van der Waals surface area contributed by atoms with Gasteiger partial charge in [0.05, 0.1) is 6.33 Å². The zero-order valence-electron chi connectivity index (χ0n) is 12.8. The third kappa shape index (κ3) is 5.59. The summed E-state index contributed by atoms with van der Waals surface area (Å²) in [5.41, 5.74) is 8.35. The molecule has 1 aliphatic heterocycles. The molecular formula is C16H23Cl2FN2O. The highest BCUT2D eigenvalue weighted by atomic mass is 35.5. The molecule has 1 aliphatic rings. The summed E-state index contributed by atoms with van der Waals surface area (Å²) >= 11 is 0. The van der Waals surface area contributed by atoms with E-state index in [4.69, 9.17) is 10.5 Å². The van der Waals surface area contributed by atoms with Gasteiger partial charge in [0.15, 0.2) is 0 Å². The number of nitrogens with zero attached hydrogens (tertiary/aromatic N) is 1. The van der Waals surface area contributed by atoms with Crippen LogP contribution in [0.4, 0.5) is 4.39 Å². The largest absolute Gasteiger partial charge is 0.489 e. The number of rotatable bonds is 5. The fourth-order valence-corrected chi connectivity index (χ4v) is 2.12. The quantitative estimate of drug-likeness (QED) is 0.875. The van der Waals surface area contributed by atoms with Crippen LogP contribution < -0.4 is 10.5 Å². The summed E-state index contributed by atoms with van der Waals surface area (Å²) in [5, 5.41) is 0. The van der Waals surface area contributed by atoms with E-state index in [-0.39, 0.29) is 43.4 Å². The molecule has 2 rings (SSSR count). The van der Waals surface area contributed by atoms with E-state index >= 15 is 0 Å². The minimum atomic E-state index is 0. The summed E-state index contributed by atoms with van der Waals surface area (Å²) in [6.07, 6.45) is 1.50. The Balaban J connectivity index is 0.00000220. The van der Waals surface area contributed by atoms with Crippen LogP contribution in [-0.2, 0) is 0 Å². The second kappa shape index (κ2) is 9.13. The first-order chi connectivity index (χ1) is 9.54. The first-order valence-electron chi connectivity index (χ1n) is 6.79. The lowest BCUT2D eigenvalue weighted by atomic mass is 9.88. The topological polar surface area (TPSA) is 47.6 Å². The Kier molecular flexibility index (Phi) is 8.68. The monoisotopic (exact) mass is 348 g/mol. The molecule has 124 valence electrons. The highest BCUT2D eigenvalue weighted by molar-refractivity contribution is 6.02. The predicted octanol–water partition coefficient (Wildman–Crippen LogP) is 3.94. The molecule has 0 aromatic heterocycles. The van der Waals surface area contributed by atoms with Gasteiger partial charge < -0.3 is 10.5 Å². The van der Waals surface area contributed by atoms with E-state index in [0.29, 0.717) is 17.7 Å². The molecule has 6 heteroatoms. The molecule has 1 aromatic rings. The summed E-state index contributed by atoms with van der Waals surface area (Å²) in [6.45, 7) is 5.67. The summed E-state index contributed by atoms with van der Waals surface area (Å²) in [4.78, 5) is 4.59. The lowest BCUT2D eigenvalue weighted by Crippen LogP contribution is -2.12. The van der Waals surface area contributed by atoms with Crippen LogP contribution in [0.1, 0.15) is 25.8 Å². The van der Waals surface area contributed by atoms with Gasteiger partial charge in [-0.1, -0.05) is 13.8 Å². The number of aliphatic imine (C=N–C) groups is 1. The van der Waals surface area contributed by atoms with Gasteiger partial charge in [0.2, 0.25) is 0 Å². The number of hydrogen-bond donors (Lipinski definition) is 1. The minimum Gasteiger partial charge on any atom is -0.489 e. The smallest absolute Gasteiger partial charge is 0.119 e. The van der Waals surface area contributed by atoms with Crippen molar-refractivity contribution in [3.8, 4) is 5.75 Å². The van der Waals surface area contributed by atoms with Crippen LogP contribution in [0.5, 0.6) is 5.75 Å². The average Bonchev–Trinajstić information content (AvgIpc) is 2.81. The van der Waals surface area contributed by atoms with Crippen LogP contribution in [0.15, 0.2) is 41.2 Å². The Morgan fingerprint density at radius 1 is 1.32 bits per heavy atom. The molecule has 0 spiro atoms. The van der Waals surface area contributed by atoms with Crippen LogP contribution in [-0.4, -0.2) is 25.4 Å². The van der Waals surface area contributed by atoms with Gasteiger partial charge in [-0.25, -0.2) is 4.39 Å². The molecule has 0 saturated carbocycles. The number of hydrogen-bond acceptors (Lipinski definition) is 3. The van der Waals surface area contributed by atoms with Gasteiger partial charge in [0.25, 0.3) is 0 Å². The van der Waals surface area contributed by atoms with Crippen molar-refractivity contribution in [2.75, 3.05) is 19.7 Å². The summed E-state index contributed by atoms with van der Waals surface area (Å²) in [6, 6.07) is 7.76. The van der Waals surface area contributed by atoms with Gasteiger partial charge >= 0.3 is 0 Å². The maximum Gasteiger partial charge on any atom is 0.119 e. The fraction of sp³-hybridized carbons (Fsp3) is 0.438. The maximum atomic E-state index is 12.4. The van der Waals surface area contributed by atoms with E-state index < -0.39 is 0 Å². The number of halogens is 3. The highest BCUT2D eigenvalue weighted by Crippen LogP contribution is 2.30. The van der Waals surface area contributed by atoms with Crippen LogP contribution in [0.2, 0.25) is 0 Å². The van der Waals surface area contributed by atoms with Gasteiger partial charge in [-0.2, -0.15) is 0 Å². The molecule has 0 atom stereocenters. The van der Waals surface area contributed by atoms with Crippen LogP contribution in [0.25, 0.3) is 0 Å². The third-order valence-corrected chi connectivity index (χ3v) is 3.37. The molecular weight excluding hydrogens is 326 g/mol. The Labute approximate surface area is 143 Å². The fourth-order valence-electron chi connectivity index (χ4n) is 2.12. The average molecular weight is 349 g/mol. The molecule has 0 amide bonds. The third-order valence-electron chi connectivity index (χ3n) is 3.37. The lowest BCUT2D eigenvalue weighted by Gasteiger charge is -2.14. The first kappa shape index (κ1) is 20.9. The number of benzene rings is 1. The Hall–Kier alpha value is -1.10. The van der Waals surface area contributed by atoms with Crippen molar-refractivity contribution in [1.29, 1.82) is 0 Å². The molecule has 0 bridgehead atoms. The molecule has 22 heavy (non-hydrogen) atoms. The van der Waals surface area contributed by atoms with Crippen molar-refractivity contribution in [2.24, 2.45) is 16.1 Å². The molecule has 1 aromatic carbocycles. The van der Waals surface area contributed by atoms with E-state index in [1.807, 2.05) is 24.3 Å². The summed E-state index contributed by atoms with van der Waals surface area (Å²) < 4.78 is 17.8. The second-order valence-electron chi connectivity index (χ2n) is 5.89. The van der Waals surface area contributed by atoms with E-state index in [1.165, 1.54) is 0 Å². The molecule has 1 heterocycles. The van der Waals surface area contributed by atoms with Crippen molar-refractivity contribution in [2.45, 2.75) is 20.3 Å². The molecule has 0 fully saturated rings. The second-order valence-corrected chi connectivity index (χ2v) is 5.89. The van der Waals surface area contributed by atoms with Gasteiger partial charge in [-0.05, 0) is 41.7 Å². The van der Waals surface area contributed by atoms with Crippen molar-refractivity contribution < 1.29 is 9.13 Å². The van der Waals surface area contributed by atoms with Gasteiger partial charge in [-0.3, -0.25) is 4.99 Å². The SMILES string of the molecule is CC1(C)CN=C(c2ccc(OC/C(=C/F)CN)cc2)C1.Cl.Cl. The van der Waals surface area contributed by atoms with E-state index in [0.717, 1.165) is 24.2 Å². The lowest BCUT2D eigenvalue weighted by molar-refractivity contribution is 0.347. The van der Waals surface area contributed by atoms with Crippen molar-refractivity contribution in [3.05, 3.63) is 41.7 Å². The van der Waals surface area contributed by atoms with E-state index in [1.54, 1.807) is 0 Å². The zero-order chi connectivity index (χ0) is 14.6. The summed E-state index contributed by atoms with van der Waals surface area (Å²) in [7, 11) is 0. The van der Waals surface area contributed by atoms with Gasteiger partial charge in [0, 0.05) is 24.4 Å². The zero-order valence-corrected chi connectivity index (χ0v) is 14.5. The standard InChI is InChI=1S/C16H21FN2O.2ClH/c1-16(2)7-15(19-11-16)13-3-5-14(6-4-13)20-10-12(8-17)9-18;;/h3-6,8H,7,9-11,18H2,1-2H3;2*1H/b12-8+;;. The van der Waals surface area contributed by atoms with Crippen molar-refractivity contribution in [1.82, 2.24) is 0 Å². The highest BCUT2D eigenvalue weighted by Gasteiger charge is 2.26.